The number of rotatable bonds is 4. The highest BCUT2D eigenvalue weighted by atomic mass is 32.1. The second-order valence-corrected chi connectivity index (χ2v) is 5.79. The predicted molar refractivity (Wildman–Crippen MR) is 96.4 cm³/mol. The van der Waals surface area contributed by atoms with Gasteiger partial charge in [0.2, 0.25) is 0 Å². The summed E-state index contributed by atoms with van der Waals surface area (Å²) in [5.74, 6) is 1.57. The van der Waals surface area contributed by atoms with Crippen molar-refractivity contribution in [2.45, 2.75) is 19.4 Å². The fourth-order valence-electron chi connectivity index (χ4n) is 2.37. The summed E-state index contributed by atoms with van der Waals surface area (Å²) in [6.07, 6.45) is 0.968. The number of para-hydroxylation sites is 2. The molecule has 4 nitrogen and oxygen atoms in total. The van der Waals surface area contributed by atoms with Crippen LogP contribution in [0, 0.1) is 0 Å². The van der Waals surface area contributed by atoms with Gasteiger partial charge in [-0.3, -0.25) is 0 Å². The van der Waals surface area contributed by atoms with Crippen LogP contribution in [-0.4, -0.2) is 24.4 Å². The van der Waals surface area contributed by atoms with E-state index in [0.717, 1.165) is 23.6 Å². The largest absolute Gasteiger partial charge is 0.486 e. The average Bonchev–Trinajstić information content (AvgIpc) is 2.60. The van der Waals surface area contributed by atoms with Crippen LogP contribution in [0.5, 0.6) is 11.5 Å². The van der Waals surface area contributed by atoms with Crippen LogP contribution in [0.2, 0.25) is 0 Å². The second kappa shape index (κ2) is 7.33. The normalized spacial score (nSPS) is 15.8. The van der Waals surface area contributed by atoms with E-state index >= 15 is 0 Å². The molecule has 120 valence electrons. The lowest BCUT2D eigenvalue weighted by Gasteiger charge is -2.27. The summed E-state index contributed by atoms with van der Waals surface area (Å²) in [5.41, 5.74) is 2.28. The molecule has 1 atom stereocenters. The van der Waals surface area contributed by atoms with E-state index in [1.54, 1.807) is 0 Å². The third-order valence-electron chi connectivity index (χ3n) is 3.68. The lowest BCUT2D eigenvalue weighted by molar-refractivity contribution is 0.0939. The van der Waals surface area contributed by atoms with Crippen molar-refractivity contribution in [3.8, 4) is 11.5 Å². The first-order chi connectivity index (χ1) is 11.2. The third-order valence-corrected chi connectivity index (χ3v) is 3.92. The molecule has 1 aliphatic heterocycles. The van der Waals surface area contributed by atoms with Crippen molar-refractivity contribution in [1.82, 2.24) is 5.32 Å². The van der Waals surface area contributed by atoms with Crippen LogP contribution >= 0.6 is 12.2 Å². The Morgan fingerprint density at radius 3 is 2.61 bits per heavy atom. The molecule has 5 heteroatoms. The topological polar surface area (TPSA) is 42.5 Å². The molecule has 0 saturated heterocycles. The highest BCUT2D eigenvalue weighted by Crippen LogP contribution is 2.30. The maximum absolute atomic E-state index is 5.89. The van der Waals surface area contributed by atoms with E-state index in [1.165, 1.54) is 5.56 Å². The Bertz CT molecular complexity index is 673. The second-order valence-electron chi connectivity index (χ2n) is 5.38. The van der Waals surface area contributed by atoms with Crippen molar-refractivity contribution in [1.29, 1.82) is 0 Å². The summed E-state index contributed by atoms with van der Waals surface area (Å²) in [6.45, 7) is 3.24. The van der Waals surface area contributed by atoms with Gasteiger partial charge in [0.15, 0.2) is 16.6 Å². The minimum atomic E-state index is -0.0629. The molecule has 1 aliphatic rings. The standard InChI is InChI=1S/C18H20N2O2S/c1-2-13-7-9-14(10-8-13)20-18(23)19-11-15-12-21-16-5-3-4-6-17(16)22-15/h3-10,15H,2,11-12H2,1H3,(H2,19,20,23)/t15-/m1/s1. The molecule has 0 unspecified atom stereocenters. The smallest absolute Gasteiger partial charge is 0.170 e. The van der Waals surface area contributed by atoms with Crippen LogP contribution in [0.3, 0.4) is 0 Å². The van der Waals surface area contributed by atoms with Gasteiger partial charge < -0.3 is 20.1 Å². The van der Waals surface area contributed by atoms with E-state index in [-0.39, 0.29) is 6.10 Å². The van der Waals surface area contributed by atoms with Gasteiger partial charge in [0.25, 0.3) is 0 Å². The van der Waals surface area contributed by atoms with Crippen LogP contribution in [-0.2, 0) is 6.42 Å². The van der Waals surface area contributed by atoms with Crippen LogP contribution in [0.25, 0.3) is 0 Å². The number of hydrogen-bond donors (Lipinski definition) is 2. The molecule has 0 aliphatic carbocycles. The van der Waals surface area contributed by atoms with E-state index in [4.69, 9.17) is 21.7 Å². The van der Waals surface area contributed by atoms with Crippen LogP contribution in [0.15, 0.2) is 48.5 Å². The molecule has 1 heterocycles. The molecule has 0 fully saturated rings. The minimum absolute atomic E-state index is 0.0629. The number of fused-ring (bicyclic) bond motifs is 1. The van der Waals surface area contributed by atoms with E-state index in [1.807, 2.05) is 36.4 Å². The lowest BCUT2D eigenvalue weighted by Crippen LogP contribution is -2.42. The molecule has 23 heavy (non-hydrogen) atoms. The summed E-state index contributed by atoms with van der Waals surface area (Å²) in [7, 11) is 0. The SMILES string of the molecule is CCc1ccc(NC(=S)NC[C@@H]2COc3ccccc3O2)cc1. The number of hydrogen-bond acceptors (Lipinski definition) is 3. The molecular weight excluding hydrogens is 308 g/mol. The number of ether oxygens (including phenoxy) is 2. The van der Waals surface area contributed by atoms with Gasteiger partial charge in [-0.05, 0) is 48.5 Å². The van der Waals surface area contributed by atoms with Crippen LogP contribution in [0.1, 0.15) is 12.5 Å². The third kappa shape index (κ3) is 4.13. The number of benzene rings is 2. The van der Waals surface area contributed by atoms with Crippen molar-refractivity contribution >= 4 is 23.0 Å². The van der Waals surface area contributed by atoms with Crippen molar-refractivity contribution in [2.75, 3.05) is 18.5 Å². The lowest BCUT2D eigenvalue weighted by atomic mass is 10.1. The molecular formula is C18H20N2O2S. The number of thiocarbonyl (C=S) groups is 1. The van der Waals surface area contributed by atoms with Gasteiger partial charge in [0.05, 0.1) is 6.54 Å². The zero-order chi connectivity index (χ0) is 16.1. The van der Waals surface area contributed by atoms with Gasteiger partial charge in [-0.1, -0.05) is 31.2 Å². The summed E-state index contributed by atoms with van der Waals surface area (Å²) in [6, 6.07) is 15.9. The monoisotopic (exact) mass is 328 g/mol. The summed E-state index contributed by atoms with van der Waals surface area (Å²) < 4.78 is 11.6. The van der Waals surface area contributed by atoms with Gasteiger partial charge in [0.1, 0.15) is 12.7 Å². The summed E-state index contributed by atoms with van der Waals surface area (Å²) in [5, 5.41) is 6.93. The molecule has 0 bridgehead atoms. The Kier molecular flexibility index (Phi) is 4.98. The Labute approximate surface area is 141 Å². The van der Waals surface area contributed by atoms with Crippen molar-refractivity contribution in [3.05, 3.63) is 54.1 Å². The maximum atomic E-state index is 5.89. The first kappa shape index (κ1) is 15.6. The first-order valence-corrected chi connectivity index (χ1v) is 8.17. The number of aryl methyl sites for hydroxylation is 1. The average molecular weight is 328 g/mol. The van der Waals surface area contributed by atoms with Crippen molar-refractivity contribution in [2.24, 2.45) is 0 Å². The van der Waals surface area contributed by atoms with Crippen molar-refractivity contribution in [3.63, 3.8) is 0 Å². The molecule has 2 aromatic carbocycles. The molecule has 0 radical (unpaired) electrons. The zero-order valence-corrected chi connectivity index (χ0v) is 13.9. The van der Waals surface area contributed by atoms with Gasteiger partial charge in [0, 0.05) is 5.69 Å². The molecule has 0 saturated carbocycles. The Hall–Kier alpha value is -2.27. The van der Waals surface area contributed by atoms with E-state index in [9.17, 15) is 0 Å². The van der Waals surface area contributed by atoms with Gasteiger partial charge in [-0.2, -0.15) is 0 Å². The first-order valence-electron chi connectivity index (χ1n) is 7.77. The van der Waals surface area contributed by atoms with E-state index < -0.39 is 0 Å². The van der Waals surface area contributed by atoms with Gasteiger partial charge in [-0.25, -0.2) is 0 Å². The fourth-order valence-corrected chi connectivity index (χ4v) is 2.57. The quantitative estimate of drug-likeness (QED) is 0.842. The minimum Gasteiger partial charge on any atom is -0.486 e. The zero-order valence-electron chi connectivity index (χ0n) is 13.0. The maximum Gasteiger partial charge on any atom is 0.170 e. The van der Waals surface area contributed by atoms with Crippen LogP contribution < -0.4 is 20.1 Å². The highest BCUT2D eigenvalue weighted by molar-refractivity contribution is 7.80. The fraction of sp³-hybridized carbons (Fsp3) is 0.278. The number of nitrogens with one attached hydrogen (secondary N) is 2. The summed E-state index contributed by atoms with van der Waals surface area (Å²) in [4.78, 5) is 0. The highest BCUT2D eigenvalue weighted by Gasteiger charge is 2.20. The van der Waals surface area contributed by atoms with E-state index in [2.05, 4.69) is 29.7 Å². The predicted octanol–water partition coefficient (Wildman–Crippen LogP) is 3.38. The molecule has 0 amide bonds. The molecule has 2 aromatic rings. The molecule has 0 aromatic heterocycles. The Balaban J connectivity index is 1.47. The van der Waals surface area contributed by atoms with Gasteiger partial charge in [-0.15, -0.1) is 0 Å². The molecule has 3 rings (SSSR count). The summed E-state index contributed by atoms with van der Waals surface area (Å²) >= 11 is 5.32. The van der Waals surface area contributed by atoms with Gasteiger partial charge >= 0.3 is 0 Å². The molecule has 2 N–H and O–H groups in total. The Morgan fingerprint density at radius 1 is 1.13 bits per heavy atom. The van der Waals surface area contributed by atoms with Crippen molar-refractivity contribution < 1.29 is 9.47 Å². The van der Waals surface area contributed by atoms with E-state index in [0.29, 0.717) is 18.3 Å². The van der Waals surface area contributed by atoms with Crippen LogP contribution in [0.4, 0.5) is 5.69 Å². The Morgan fingerprint density at radius 2 is 1.87 bits per heavy atom. The number of anilines is 1. The molecule has 0 spiro atoms.